The van der Waals surface area contributed by atoms with Crippen LogP contribution in [0.15, 0.2) is 176 Å². The smallest absolute Gasteiger partial charge is 0.344 e. The number of ether oxygens (including phenoxy) is 3. The van der Waals surface area contributed by atoms with E-state index in [-0.39, 0.29) is 23.3 Å². The van der Waals surface area contributed by atoms with Gasteiger partial charge in [0.1, 0.15) is 17.2 Å². The number of nitrogens with zero attached hydrogens (tertiary/aromatic N) is 1. The van der Waals surface area contributed by atoms with Crippen LogP contribution in [0.25, 0.3) is 27.8 Å². The first-order valence-electron chi connectivity index (χ1n) is 16.3. The minimum atomic E-state index is -2.58. The van der Waals surface area contributed by atoms with Gasteiger partial charge in [-0.3, -0.25) is 0 Å². The number of hydrogen-bond donors (Lipinski definition) is 0. The maximum atomic E-state index is 13.5. The Morgan fingerprint density at radius 2 is 0.836 bits per heavy atom. The number of rotatable bonds is 12. The van der Waals surface area contributed by atoms with Gasteiger partial charge in [0.05, 0.1) is 6.04 Å². The maximum Gasteiger partial charge on any atom is 0.344 e. The Morgan fingerprint density at radius 3 is 1.20 bits per heavy atom. The molecule has 0 N–H and O–H groups in total. The molecule has 5 aromatic carbocycles. The molecule has 280 valence electrons. The highest BCUT2D eigenvalue weighted by atomic mass is 19.3. The van der Waals surface area contributed by atoms with Crippen LogP contribution in [0.2, 0.25) is 0 Å². The molecule has 0 spiro atoms. The molecule has 5 aromatic rings. The first-order valence-corrected chi connectivity index (χ1v) is 16.3. The second-order valence-electron chi connectivity index (χ2n) is 11.8. The monoisotopic (exact) mass is 763 g/mol. The van der Waals surface area contributed by atoms with Crippen molar-refractivity contribution in [1.29, 1.82) is 0 Å². The summed E-state index contributed by atoms with van der Waals surface area (Å²) in [7, 11) is 0. The molecular weight excluding hydrogens is 737 g/mol. The zero-order valence-corrected chi connectivity index (χ0v) is 28.1. The summed E-state index contributed by atoms with van der Waals surface area (Å²) >= 11 is 0. The van der Waals surface area contributed by atoms with E-state index < -0.39 is 36.3 Å². The summed E-state index contributed by atoms with van der Waals surface area (Å²) in [6.45, 7) is 0. The fraction of sp³-hybridized carbons (Fsp3) is 0.0476. The number of allylic oxidation sites excluding steroid dienone is 2. The summed E-state index contributed by atoms with van der Waals surface area (Å²) in [4.78, 5) is 2.04. The quantitative estimate of drug-likeness (QED) is 0.0935. The van der Waals surface area contributed by atoms with Crippen molar-refractivity contribution in [3.63, 3.8) is 0 Å². The second kappa shape index (κ2) is 17.0. The zero-order valence-electron chi connectivity index (χ0n) is 28.1. The number of hydrogen-bond acceptors (Lipinski definition) is 4. The first-order chi connectivity index (χ1) is 26.4. The number of benzene rings is 5. The van der Waals surface area contributed by atoms with E-state index in [0.29, 0.717) is 34.2 Å². The molecule has 0 aliphatic heterocycles. The molecule has 1 aliphatic carbocycles. The van der Waals surface area contributed by atoms with Crippen molar-refractivity contribution in [3.05, 3.63) is 181 Å². The highest BCUT2D eigenvalue weighted by molar-refractivity contribution is 5.78. The predicted molar refractivity (Wildman–Crippen MR) is 191 cm³/mol. The Hall–Kier alpha value is -6.63. The summed E-state index contributed by atoms with van der Waals surface area (Å²) in [5.74, 6) is -0.349. The molecule has 0 bridgehead atoms. The molecule has 0 saturated heterocycles. The van der Waals surface area contributed by atoms with Crippen molar-refractivity contribution >= 4 is 16.9 Å². The molecule has 1 aliphatic rings. The summed E-state index contributed by atoms with van der Waals surface area (Å²) in [6.07, 6.45) is -1.57. The Bertz CT molecular complexity index is 2210. The first kappa shape index (κ1) is 38.1. The molecule has 0 saturated carbocycles. The van der Waals surface area contributed by atoms with Crippen molar-refractivity contribution in [3.8, 4) is 39.5 Å². The zero-order chi connectivity index (χ0) is 39.1. The van der Waals surface area contributed by atoms with Crippen LogP contribution in [0.5, 0.6) is 17.2 Å². The molecule has 0 radical (unpaired) electrons. The number of halogens is 9. The van der Waals surface area contributed by atoms with Crippen LogP contribution in [0.3, 0.4) is 0 Å². The molecule has 0 fully saturated rings. The van der Waals surface area contributed by atoms with Gasteiger partial charge in [-0.05, 0) is 100 Å². The van der Waals surface area contributed by atoms with Crippen molar-refractivity contribution in [2.75, 3.05) is 4.90 Å². The Balaban J connectivity index is 1.30. The van der Waals surface area contributed by atoms with Gasteiger partial charge in [0, 0.05) is 11.4 Å². The molecule has 0 aromatic heterocycles. The van der Waals surface area contributed by atoms with Crippen LogP contribution in [0.1, 0.15) is 12.0 Å². The molecule has 1 unspecified atom stereocenters. The second-order valence-corrected chi connectivity index (χ2v) is 11.8. The normalized spacial score (nSPS) is 13.3. The average molecular weight is 764 g/mol. The van der Waals surface area contributed by atoms with Crippen LogP contribution in [0.4, 0.5) is 50.9 Å². The minimum absolute atomic E-state index is 0.109. The molecular formula is C42H26F9NO3. The minimum Gasteiger partial charge on any atom is -0.428 e. The fourth-order valence-corrected chi connectivity index (χ4v) is 5.82. The predicted octanol–water partition coefficient (Wildman–Crippen LogP) is 13.8. The van der Waals surface area contributed by atoms with E-state index in [1.165, 1.54) is 48.5 Å². The Labute approximate surface area is 308 Å². The molecule has 1 atom stereocenters. The van der Waals surface area contributed by atoms with E-state index >= 15 is 0 Å². The van der Waals surface area contributed by atoms with Crippen LogP contribution in [0, 0.1) is 0 Å². The van der Waals surface area contributed by atoms with Gasteiger partial charge >= 0.3 is 36.3 Å². The fourth-order valence-electron chi connectivity index (χ4n) is 5.82. The summed E-state index contributed by atoms with van der Waals surface area (Å²) in [6, 6.07) is 26.4. The average Bonchev–Trinajstić information content (AvgIpc) is 3.19. The molecule has 0 heterocycles. The third-order valence-electron chi connectivity index (χ3n) is 8.27. The van der Waals surface area contributed by atoms with E-state index in [0.717, 1.165) is 16.9 Å². The van der Waals surface area contributed by atoms with E-state index in [9.17, 15) is 39.5 Å². The van der Waals surface area contributed by atoms with Crippen molar-refractivity contribution in [2.24, 2.45) is 0 Å². The van der Waals surface area contributed by atoms with E-state index in [1.807, 2.05) is 47.4 Å². The van der Waals surface area contributed by atoms with Gasteiger partial charge in [-0.15, -0.1) is 0 Å². The Morgan fingerprint density at radius 1 is 0.455 bits per heavy atom. The lowest BCUT2D eigenvalue weighted by Gasteiger charge is -2.33. The van der Waals surface area contributed by atoms with Crippen LogP contribution in [-0.4, -0.2) is 6.04 Å². The lowest BCUT2D eigenvalue weighted by Crippen LogP contribution is -2.30. The molecule has 0 amide bonds. The van der Waals surface area contributed by atoms with Crippen molar-refractivity contribution in [1.82, 2.24) is 0 Å². The van der Waals surface area contributed by atoms with Gasteiger partial charge in [-0.25, -0.2) is 0 Å². The van der Waals surface area contributed by atoms with Crippen LogP contribution >= 0.6 is 0 Å². The molecule has 13 heteroatoms. The Kier molecular flexibility index (Phi) is 11.8. The van der Waals surface area contributed by atoms with E-state index in [1.54, 1.807) is 48.5 Å². The van der Waals surface area contributed by atoms with Gasteiger partial charge < -0.3 is 19.1 Å². The molecule has 6 rings (SSSR count). The lowest BCUT2D eigenvalue weighted by molar-refractivity contribution is 0.241. The van der Waals surface area contributed by atoms with Crippen LogP contribution in [-0.2, 0) is 0 Å². The lowest BCUT2D eigenvalue weighted by atomic mass is 9.95. The number of anilines is 2. The summed E-state index contributed by atoms with van der Waals surface area (Å²) in [5.41, 5.74) is 5.32. The van der Waals surface area contributed by atoms with E-state index in [2.05, 4.69) is 14.2 Å². The highest BCUT2D eigenvalue weighted by Crippen LogP contribution is 2.37. The summed E-state index contributed by atoms with van der Waals surface area (Å²) in [5, 5.41) is 0. The van der Waals surface area contributed by atoms with Gasteiger partial charge in [0.25, 0.3) is 0 Å². The topological polar surface area (TPSA) is 30.9 Å². The van der Waals surface area contributed by atoms with Gasteiger partial charge in [0.15, 0.2) is 0 Å². The SMILES string of the molecule is FC(F)=C(F)Oc1cccc(C2=CCC(N(c3ccc(-c4cccc(OC(F)=C(F)F)c4)cc3)c3ccc(-c4cccc(OC(F)=C(F)F)c4)cc3)C=C2)c1. The largest absolute Gasteiger partial charge is 0.428 e. The van der Waals surface area contributed by atoms with Gasteiger partial charge in [-0.1, -0.05) is 78.9 Å². The third kappa shape index (κ3) is 9.49. The summed E-state index contributed by atoms with van der Waals surface area (Å²) < 4.78 is 130. The van der Waals surface area contributed by atoms with Crippen molar-refractivity contribution < 1.29 is 53.7 Å². The highest BCUT2D eigenvalue weighted by Gasteiger charge is 2.22. The van der Waals surface area contributed by atoms with Crippen molar-refractivity contribution in [2.45, 2.75) is 12.5 Å². The maximum absolute atomic E-state index is 13.5. The van der Waals surface area contributed by atoms with Gasteiger partial charge in [0.2, 0.25) is 0 Å². The van der Waals surface area contributed by atoms with Crippen LogP contribution < -0.4 is 19.1 Å². The molecule has 4 nitrogen and oxygen atoms in total. The molecule has 55 heavy (non-hydrogen) atoms. The van der Waals surface area contributed by atoms with Gasteiger partial charge in [-0.2, -0.15) is 39.5 Å². The van der Waals surface area contributed by atoms with E-state index in [4.69, 9.17) is 0 Å². The third-order valence-corrected chi connectivity index (χ3v) is 8.27. The standard InChI is InChI=1S/C42H26F9NO3/c43-37(44)40(49)53-34-7-1-4-28(22-34)25-10-16-31(17-11-25)52(32-18-12-26(13-19-32)29-5-2-8-35(23-29)54-41(50)38(45)46)33-20-14-27(15-21-33)30-6-3-9-36(24-30)55-42(51)39(47)48/h1-20,22-24,33H,21H2.